The van der Waals surface area contributed by atoms with Crippen molar-refractivity contribution in [2.45, 2.75) is 50.8 Å². The normalized spacial score (nSPS) is 21.8. The second-order valence-corrected chi connectivity index (χ2v) is 9.27. The van der Waals surface area contributed by atoms with Crippen LogP contribution in [0.15, 0.2) is 28.7 Å². The Labute approximate surface area is 147 Å². The zero-order valence-corrected chi connectivity index (χ0v) is 15.8. The van der Waals surface area contributed by atoms with E-state index in [0.717, 1.165) is 30.2 Å². The highest BCUT2D eigenvalue weighted by molar-refractivity contribution is 9.10. The Kier molecular flexibility index (Phi) is 6.65. The van der Waals surface area contributed by atoms with Gasteiger partial charge in [0.1, 0.15) is 5.75 Å². The van der Waals surface area contributed by atoms with Crippen molar-refractivity contribution in [3.05, 3.63) is 34.3 Å². The van der Waals surface area contributed by atoms with Crippen LogP contribution in [0.5, 0.6) is 0 Å². The molecule has 4 nitrogen and oxygen atoms in total. The summed E-state index contributed by atoms with van der Waals surface area (Å²) in [5.41, 5.74) is 0.691. The van der Waals surface area contributed by atoms with Gasteiger partial charge in [-0.15, -0.1) is 0 Å². The van der Waals surface area contributed by atoms with Gasteiger partial charge < -0.3 is 5.32 Å². The first-order valence-corrected chi connectivity index (χ1v) is 10.8. The first-order chi connectivity index (χ1) is 10.9. The van der Waals surface area contributed by atoms with Gasteiger partial charge in [-0.25, -0.2) is 8.42 Å². The summed E-state index contributed by atoms with van der Waals surface area (Å²) in [6.07, 6.45) is 5.40. The fraction of sp³-hybridized carbons (Fsp3) is 0.588. The molecule has 1 aliphatic rings. The lowest BCUT2D eigenvalue weighted by molar-refractivity contribution is -0.119. The number of carbonyl (C=O) groups is 1. The van der Waals surface area contributed by atoms with E-state index < -0.39 is 15.6 Å². The van der Waals surface area contributed by atoms with E-state index in [1.165, 1.54) is 6.42 Å². The molecule has 0 heterocycles. The lowest BCUT2D eigenvalue weighted by atomic mass is 9.83. The average Bonchev–Trinajstić information content (AvgIpc) is 2.46. The molecule has 2 unspecified atom stereocenters. The quantitative estimate of drug-likeness (QED) is 0.793. The molecule has 1 N–H and O–H groups in total. The summed E-state index contributed by atoms with van der Waals surface area (Å²) in [6, 6.07) is 7.29. The zero-order chi connectivity index (χ0) is 16.9. The molecule has 1 aromatic carbocycles. The monoisotopic (exact) mass is 401 g/mol. The van der Waals surface area contributed by atoms with Crippen LogP contribution in [0.2, 0.25) is 0 Å². The summed E-state index contributed by atoms with van der Waals surface area (Å²) in [7, 11) is -3.46. The Morgan fingerprint density at radius 1 is 1.30 bits per heavy atom. The predicted octanol–water partition coefficient (Wildman–Crippen LogP) is 3.45. The summed E-state index contributed by atoms with van der Waals surface area (Å²) in [6.45, 7) is 2.12. The maximum atomic E-state index is 12.2. The number of halogens is 1. The topological polar surface area (TPSA) is 63.2 Å². The standard InChI is InChI=1S/C17H24BrNO3S/c1-2-14-7-3-4-9-16(14)19-17(20)12-23(21,22)11-13-6-5-8-15(18)10-13/h5-6,8,10,14,16H,2-4,7,9,11-12H2,1H3,(H,19,20). The van der Waals surface area contributed by atoms with Crippen LogP contribution in [0.25, 0.3) is 0 Å². The van der Waals surface area contributed by atoms with Crippen LogP contribution in [-0.2, 0) is 20.4 Å². The maximum absolute atomic E-state index is 12.2. The third kappa shape index (κ3) is 5.92. The van der Waals surface area contributed by atoms with E-state index in [1.54, 1.807) is 18.2 Å². The third-order valence-corrected chi connectivity index (χ3v) is 6.37. The van der Waals surface area contributed by atoms with Crippen molar-refractivity contribution < 1.29 is 13.2 Å². The Morgan fingerprint density at radius 3 is 2.74 bits per heavy atom. The predicted molar refractivity (Wildman–Crippen MR) is 95.8 cm³/mol. The van der Waals surface area contributed by atoms with Crippen LogP contribution in [0.1, 0.15) is 44.6 Å². The van der Waals surface area contributed by atoms with Crippen molar-refractivity contribution in [3.8, 4) is 0 Å². The van der Waals surface area contributed by atoms with Gasteiger partial charge in [-0.05, 0) is 36.5 Å². The minimum absolute atomic E-state index is 0.109. The SMILES string of the molecule is CCC1CCCCC1NC(=O)CS(=O)(=O)Cc1cccc(Br)c1. The van der Waals surface area contributed by atoms with Gasteiger partial charge in [-0.1, -0.05) is 54.2 Å². The largest absolute Gasteiger partial charge is 0.352 e. The van der Waals surface area contributed by atoms with Crippen LogP contribution < -0.4 is 5.32 Å². The van der Waals surface area contributed by atoms with Crippen LogP contribution in [0, 0.1) is 5.92 Å². The average molecular weight is 402 g/mol. The van der Waals surface area contributed by atoms with Crippen molar-refractivity contribution in [2.24, 2.45) is 5.92 Å². The second-order valence-electron chi connectivity index (χ2n) is 6.29. The highest BCUT2D eigenvalue weighted by Crippen LogP contribution is 2.26. The molecule has 0 aromatic heterocycles. The van der Waals surface area contributed by atoms with Crippen molar-refractivity contribution in [1.82, 2.24) is 5.32 Å². The number of hydrogen-bond acceptors (Lipinski definition) is 3. The number of benzene rings is 1. The van der Waals surface area contributed by atoms with Crippen LogP contribution in [0.3, 0.4) is 0 Å². The van der Waals surface area contributed by atoms with Crippen molar-refractivity contribution in [2.75, 3.05) is 5.75 Å². The molecule has 23 heavy (non-hydrogen) atoms. The summed E-state index contributed by atoms with van der Waals surface area (Å²) in [5.74, 6) is -0.445. The summed E-state index contributed by atoms with van der Waals surface area (Å²) in [4.78, 5) is 12.1. The Balaban J connectivity index is 1.93. The highest BCUT2D eigenvalue weighted by Gasteiger charge is 2.26. The van der Waals surface area contributed by atoms with E-state index >= 15 is 0 Å². The molecule has 128 valence electrons. The van der Waals surface area contributed by atoms with Gasteiger partial charge in [0.05, 0.1) is 5.75 Å². The first-order valence-electron chi connectivity index (χ1n) is 8.14. The van der Waals surface area contributed by atoms with E-state index in [1.807, 2.05) is 6.07 Å². The van der Waals surface area contributed by atoms with E-state index in [2.05, 4.69) is 28.2 Å². The van der Waals surface area contributed by atoms with Gasteiger partial charge in [0.15, 0.2) is 9.84 Å². The molecular weight excluding hydrogens is 378 g/mol. The molecule has 1 fully saturated rings. The van der Waals surface area contributed by atoms with Crippen LogP contribution >= 0.6 is 15.9 Å². The molecule has 2 atom stereocenters. The molecule has 2 rings (SSSR count). The van der Waals surface area contributed by atoms with Crippen molar-refractivity contribution >= 4 is 31.7 Å². The highest BCUT2D eigenvalue weighted by atomic mass is 79.9. The van der Waals surface area contributed by atoms with E-state index in [9.17, 15) is 13.2 Å². The lowest BCUT2D eigenvalue weighted by Crippen LogP contribution is -2.44. The number of hydrogen-bond donors (Lipinski definition) is 1. The Morgan fingerprint density at radius 2 is 2.04 bits per heavy atom. The lowest BCUT2D eigenvalue weighted by Gasteiger charge is -2.31. The van der Waals surface area contributed by atoms with Crippen LogP contribution in [0.4, 0.5) is 0 Å². The van der Waals surface area contributed by atoms with E-state index in [4.69, 9.17) is 0 Å². The van der Waals surface area contributed by atoms with Gasteiger partial charge in [-0.3, -0.25) is 4.79 Å². The molecule has 0 saturated heterocycles. The number of amides is 1. The molecule has 1 saturated carbocycles. The molecule has 1 aliphatic carbocycles. The molecule has 6 heteroatoms. The summed E-state index contributed by atoms with van der Waals surface area (Å²) in [5, 5.41) is 2.95. The molecule has 1 amide bonds. The minimum atomic E-state index is -3.46. The molecule has 0 spiro atoms. The van der Waals surface area contributed by atoms with Crippen LogP contribution in [-0.4, -0.2) is 26.1 Å². The number of carbonyl (C=O) groups excluding carboxylic acids is 1. The molecule has 1 aromatic rings. The van der Waals surface area contributed by atoms with E-state index in [0.29, 0.717) is 11.5 Å². The molecular formula is C17H24BrNO3S. The second kappa shape index (κ2) is 8.29. The fourth-order valence-electron chi connectivity index (χ4n) is 3.27. The first kappa shape index (κ1) is 18.5. The molecule has 0 radical (unpaired) electrons. The third-order valence-electron chi connectivity index (χ3n) is 4.41. The van der Waals surface area contributed by atoms with Gasteiger partial charge in [-0.2, -0.15) is 0 Å². The van der Waals surface area contributed by atoms with Gasteiger partial charge in [0, 0.05) is 10.5 Å². The molecule has 0 bridgehead atoms. The summed E-state index contributed by atoms with van der Waals surface area (Å²) >= 11 is 3.33. The minimum Gasteiger partial charge on any atom is -0.352 e. The van der Waals surface area contributed by atoms with Gasteiger partial charge >= 0.3 is 0 Å². The maximum Gasteiger partial charge on any atom is 0.235 e. The summed E-state index contributed by atoms with van der Waals surface area (Å²) < 4.78 is 25.3. The number of sulfone groups is 1. The van der Waals surface area contributed by atoms with Gasteiger partial charge in [0.25, 0.3) is 0 Å². The van der Waals surface area contributed by atoms with Gasteiger partial charge in [0.2, 0.25) is 5.91 Å². The zero-order valence-electron chi connectivity index (χ0n) is 13.4. The van der Waals surface area contributed by atoms with E-state index in [-0.39, 0.29) is 17.7 Å². The van der Waals surface area contributed by atoms with Crippen molar-refractivity contribution in [3.63, 3.8) is 0 Å². The van der Waals surface area contributed by atoms with Crippen molar-refractivity contribution in [1.29, 1.82) is 0 Å². The smallest absolute Gasteiger partial charge is 0.235 e. The fourth-order valence-corrected chi connectivity index (χ4v) is 4.99. The Hall–Kier alpha value is -0.880. The number of nitrogens with one attached hydrogen (secondary N) is 1. The number of rotatable bonds is 6. The Bertz CT molecular complexity index is 645. The molecule has 0 aliphatic heterocycles.